The van der Waals surface area contributed by atoms with Crippen molar-refractivity contribution in [1.82, 2.24) is 9.78 Å². The van der Waals surface area contributed by atoms with E-state index in [2.05, 4.69) is 5.10 Å². The summed E-state index contributed by atoms with van der Waals surface area (Å²) in [5, 5.41) is 13.7. The van der Waals surface area contributed by atoms with Gasteiger partial charge in [-0.05, 0) is 31.5 Å². The molecule has 0 atom stereocenters. The van der Waals surface area contributed by atoms with Crippen LogP contribution in [0.2, 0.25) is 5.02 Å². The topological polar surface area (TPSA) is 55.1 Å². The largest absolute Gasteiger partial charge is 0.478 e. The molecule has 0 radical (unpaired) electrons. The molecule has 1 aromatic heterocycles. The molecule has 2 rings (SSSR count). The van der Waals surface area contributed by atoms with Gasteiger partial charge in [-0.15, -0.1) is 0 Å². The van der Waals surface area contributed by atoms with Gasteiger partial charge < -0.3 is 5.11 Å². The summed E-state index contributed by atoms with van der Waals surface area (Å²) in [6, 6.07) is 4.91. The normalized spacial score (nSPS) is 10.5. The fourth-order valence-corrected chi connectivity index (χ4v) is 1.68. The number of rotatable bonds is 2. The molecule has 2 aromatic rings. The number of carbonyl (C=O) groups is 1. The third-order valence-electron chi connectivity index (χ3n) is 2.54. The van der Waals surface area contributed by atoms with E-state index in [1.54, 1.807) is 36.0 Å². The fraction of sp³-hybridized carbons (Fsp3) is 0.167. The van der Waals surface area contributed by atoms with Crippen molar-refractivity contribution in [2.24, 2.45) is 0 Å². The minimum absolute atomic E-state index is 0.231. The van der Waals surface area contributed by atoms with Gasteiger partial charge in [-0.3, -0.25) is 0 Å². The van der Waals surface area contributed by atoms with Gasteiger partial charge in [-0.2, -0.15) is 5.10 Å². The lowest BCUT2D eigenvalue weighted by Gasteiger charge is -2.06. The summed E-state index contributed by atoms with van der Waals surface area (Å²) >= 11 is 5.93. The summed E-state index contributed by atoms with van der Waals surface area (Å²) in [5.41, 5.74) is 2.61. The third kappa shape index (κ3) is 2.17. The Morgan fingerprint density at radius 2 is 2.12 bits per heavy atom. The number of hydrogen-bond acceptors (Lipinski definition) is 2. The Balaban J connectivity index is 2.57. The van der Waals surface area contributed by atoms with Crippen LogP contribution in [0.3, 0.4) is 0 Å². The summed E-state index contributed by atoms with van der Waals surface area (Å²) in [7, 11) is 0. The number of aromatic nitrogens is 2. The van der Waals surface area contributed by atoms with Gasteiger partial charge >= 0.3 is 5.97 Å². The second-order valence-electron chi connectivity index (χ2n) is 3.81. The maximum Gasteiger partial charge on any atom is 0.335 e. The highest BCUT2D eigenvalue weighted by Gasteiger charge is 2.10. The lowest BCUT2D eigenvalue weighted by molar-refractivity contribution is 0.0697. The van der Waals surface area contributed by atoms with E-state index in [0.29, 0.717) is 10.7 Å². The maximum absolute atomic E-state index is 10.9. The van der Waals surface area contributed by atoms with E-state index in [0.717, 1.165) is 11.3 Å². The number of aryl methyl sites for hydroxylation is 2. The van der Waals surface area contributed by atoms with Crippen LogP contribution >= 0.6 is 11.6 Å². The van der Waals surface area contributed by atoms with Crippen LogP contribution in [0, 0.1) is 13.8 Å². The smallest absolute Gasteiger partial charge is 0.335 e. The highest BCUT2D eigenvalue weighted by molar-refractivity contribution is 6.31. The highest BCUT2D eigenvalue weighted by Crippen LogP contribution is 2.20. The average molecular weight is 251 g/mol. The van der Waals surface area contributed by atoms with E-state index in [-0.39, 0.29) is 5.56 Å². The van der Waals surface area contributed by atoms with Gasteiger partial charge in [0.05, 0.1) is 22.0 Å². The van der Waals surface area contributed by atoms with Gasteiger partial charge in [-0.25, -0.2) is 9.48 Å². The minimum atomic E-state index is -0.957. The zero-order chi connectivity index (χ0) is 12.6. The Hall–Kier alpha value is -1.81. The molecule has 88 valence electrons. The van der Waals surface area contributed by atoms with Crippen LogP contribution in [0.25, 0.3) is 5.69 Å². The molecule has 0 amide bonds. The molecule has 0 spiro atoms. The van der Waals surface area contributed by atoms with E-state index >= 15 is 0 Å². The molecule has 1 heterocycles. The first-order valence-corrected chi connectivity index (χ1v) is 5.43. The zero-order valence-corrected chi connectivity index (χ0v) is 10.2. The molecule has 0 aliphatic heterocycles. The van der Waals surface area contributed by atoms with Crippen LogP contribution in [0.4, 0.5) is 0 Å². The summed E-state index contributed by atoms with van der Waals surface area (Å²) < 4.78 is 1.60. The Morgan fingerprint density at radius 1 is 1.41 bits per heavy atom. The molecule has 0 aliphatic carbocycles. The summed E-state index contributed by atoms with van der Waals surface area (Å²) in [4.78, 5) is 10.9. The van der Waals surface area contributed by atoms with Crippen molar-refractivity contribution in [3.63, 3.8) is 0 Å². The average Bonchev–Trinajstić information content (AvgIpc) is 2.59. The van der Waals surface area contributed by atoms with Crippen LogP contribution in [0.5, 0.6) is 0 Å². The second-order valence-corrected chi connectivity index (χ2v) is 4.22. The number of aromatic carboxylic acids is 1. The Labute approximate surface area is 103 Å². The molecular formula is C12H11ClN2O2. The van der Waals surface area contributed by atoms with Gasteiger partial charge in [0.1, 0.15) is 0 Å². The molecule has 0 saturated heterocycles. The van der Waals surface area contributed by atoms with Crippen molar-refractivity contribution in [2.75, 3.05) is 0 Å². The standard InChI is InChI=1S/C12H11ClN2O2/c1-7-3-4-9(12(16)17)5-11(7)15-6-10(13)8(2)14-15/h3-6H,1-2H3,(H,16,17). The molecule has 0 unspecified atom stereocenters. The van der Waals surface area contributed by atoms with Crippen molar-refractivity contribution in [2.45, 2.75) is 13.8 Å². The first-order chi connectivity index (χ1) is 7.99. The number of benzene rings is 1. The Bertz CT molecular complexity index is 571. The minimum Gasteiger partial charge on any atom is -0.478 e. The van der Waals surface area contributed by atoms with Crippen LogP contribution in [0.1, 0.15) is 21.6 Å². The molecule has 0 fully saturated rings. The van der Waals surface area contributed by atoms with Crippen molar-refractivity contribution < 1.29 is 9.90 Å². The van der Waals surface area contributed by atoms with Gasteiger partial charge in [0.2, 0.25) is 0 Å². The maximum atomic E-state index is 10.9. The van der Waals surface area contributed by atoms with Gasteiger partial charge in [0.15, 0.2) is 0 Å². The van der Waals surface area contributed by atoms with Gasteiger partial charge in [0, 0.05) is 6.20 Å². The van der Waals surface area contributed by atoms with Crippen molar-refractivity contribution in [3.8, 4) is 5.69 Å². The zero-order valence-electron chi connectivity index (χ0n) is 9.44. The number of hydrogen-bond donors (Lipinski definition) is 1. The van der Waals surface area contributed by atoms with Crippen LogP contribution in [-0.2, 0) is 0 Å². The number of nitrogens with zero attached hydrogens (tertiary/aromatic N) is 2. The van der Waals surface area contributed by atoms with Crippen LogP contribution in [-0.4, -0.2) is 20.9 Å². The number of carboxylic acid groups (broad SMARTS) is 1. The lowest BCUT2D eigenvalue weighted by Crippen LogP contribution is -2.02. The monoisotopic (exact) mass is 250 g/mol. The van der Waals surface area contributed by atoms with Crippen LogP contribution < -0.4 is 0 Å². The fourth-order valence-electron chi connectivity index (χ4n) is 1.55. The predicted octanol–water partition coefficient (Wildman–Crippen LogP) is 2.84. The van der Waals surface area contributed by atoms with E-state index in [9.17, 15) is 4.79 Å². The molecule has 0 bridgehead atoms. The molecule has 17 heavy (non-hydrogen) atoms. The quantitative estimate of drug-likeness (QED) is 0.892. The first kappa shape index (κ1) is 11.7. The van der Waals surface area contributed by atoms with Gasteiger partial charge in [0.25, 0.3) is 0 Å². The highest BCUT2D eigenvalue weighted by atomic mass is 35.5. The summed E-state index contributed by atoms with van der Waals surface area (Å²) in [6.45, 7) is 3.70. The molecule has 1 aromatic carbocycles. The van der Waals surface area contributed by atoms with Crippen LogP contribution in [0.15, 0.2) is 24.4 Å². The van der Waals surface area contributed by atoms with E-state index < -0.39 is 5.97 Å². The van der Waals surface area contributed by atoms with Crippen molar-refractivity contribution in [3.05, 3.63) is 46.2 Å². The molecule has 5 heteroatoms. The summed E-state index contributed by atoms with van der Waals surface area (Å²) in [6.07, 6.45) is 1.67. The molecule has 0 saturated carbocycles. The predicted molar refractivity (Wildman–Crippen MR) is 65.0 cm³/mol. The summed E-state index contributed by atoms with van der Waals surface area (Å²) in [5.74, 6) is -0.957. The number of halogens is 1. The molecule has 0 aliphatic rings. The van der Waals surface area contributed by atoms with Crippen molar-refractivity contribution in [1.29, 1.82) is 0 Å². The second kappa shape index (κ2) is 4.22. The van der Waals surface area contributed by atoms with E-state index in [4.69, 9.17) is 16.7 Å². The lowest BCUT2D eigenvalue weighted by atomic mass is 10.1. The molecular weight excluding hydrogens is 240 g/mol. The van der Waals surface area contributed by atoms with Crippen molar-refractivity contribution >= 4 is 17.6 Å². The Kier molecular flexibility index (Phi) is 2.90. The molecule has 1 N–H and O–H groups in total. The first-order valence-electron chi connectivity index (χ1n) is 5.05. The van der Waals surface area contributed by atoms with E-state index in [1.807, 2.05) is 6.92 Å². The van der Waals surface area contributed by atoms with Gasteiger partial charge in [-0.1, -0.05) is 17.7 Å². The SMILES string of the molecule is Cc1ccc(C(=O)O)cc1-n1cc(Cl)c(C)n1. The van der Waals surface area contributed by atoms with E-state index in [1.165, 1.54) is 0 Å². The molecule has 4 nitrogen and oxygen atoms in total. The Morgan fingerprint density at radius 3 is 2.65 bits per heavy atom. The number of carboxylic acids is 1. The third-order valence-corrected chi connectivity index (χ3v) is 2.91.